The van der Waals surface area contributed by atoms with E-state index in [-0.39, 0.29) is 5.41 Å². The smallest absolute Gasteiger partial charge is 0.119 e. The lowest BCUT2D eigenvalue weighted by molar-refractivity contribution is 0.424. The number of hydrogen-bond donors (Lipinski definition) is 1. The molecule has 21 heavy (non-hydrogen) atoms. The number of unbranched alkanes of at least 4 members (excludes halogenated alkanes) is 3. The maximum atomic E-state index is 10.3. The van der Waals surface area contributed by atoms with E-state index in [1.165, 1.54) is 31.2 Å². The van der Waals surface area contributed by atoms with Crippen molar-refractivity contribution in [3.05, 3.63) is 65.7 Å². The number of phenolic OH excluding ortho intramolecular Hbond substituents is 1. The molecule has 1 heteroatoms. The van der Waals surface area contributed by atoms with E-state index >= 15 is 0 Å². The van der Waals surface area contributed by atoms with E-state index < -0.39 is 0 Å². The zero-order valence-corrected chi connectivity index (χ0v) is 13.2. The first kappa shape index (κ1) is 15.6. The number of benzene rings is 2. The van der Waals surface area contributed by atoms with Gasteiger partial charge >= 0.3 is 0 Å². The highest BCUT2D eigenvalue weighted by Crippen LogP contribution is 2.40. The fourth-order valence-corrected chi connectivity index (χ4v) is 3.09. The molecule has 2 aromatic rings. The summed E-state index contributed by atoms with van der Waals surface area (Å²) in [7, 11) is 0. The van der Waals surface area contributed by atoms with Gasteiger partial charge < -0.3 is 5.11 Å². The van der Waals surface area contributed by atoms with Crippen molar-refractivity contribution in [2.24, 2.45) is 0 Å². The average molecular weight is 282 g/mol. The lowest BCUT2D eigenvalue weighted by Gasteiger charge is -2.32. The lowest BCUT2D eigenvalue weighted by Crippen LogP contribution is -2.23. The monoisotopic (exact) mass is 282 g/mol. The van der Waals surface area contributed by atoms with Gasteiger partial charge in [0.15, 0.2) is 0 Å². The van der Waals surface area contributed by atoms with Crippen LogP contribution in [0.2, 0.25) is 0 Å². The molecule has 0 radical (unpaired) electrons. The van der Waals surface area contributed by atoms with Crippen molar-refractivity contribution >= 4 is 0 Å². The molecular formula is C20H26O. The van der Waals surface area contributed by atoms with Crippen molar-refractivity contribution < 1.29 is 5.11 Å². The molecule has 0 aliphatic heterocycles. The fraction of sp³-hybridized carbons (Fsp3) is 0.400. The van der Waals surface area contributed by atoms with Crippen LogP contribution in [0.15, 0.2) is 54.6 Å². The zero-order valence-electron chi connectivity index (χ0n) is 13.2. The first-order valence-electron chi connectivity index (χ1n) is 8.02. The van der Waals surface area contributed by atoms with Gasteiger partial charge in [-0.3, -0.25) is 0 Å². The minimum absolute atomic E-state index is 0.125. The van der Waals surface area contributed by atoms with Gasteiger partial charge in [-0.15, -0.1) is 0 Å². The third-order valence-electron chi connectivity index (χ3n) is 4.44. The Morgan fingerprint density at radius 2 is 1.52 bits per heavy atom. The maximum absolute atomic E-state index is 10.3. The first-order valence-corrected chi connectivity index (χ1v) is 8.02. The summed E-state index contributed by atoms with van der Waals surface area (Å²) in [5.41, 5.74) is 2.19. The van der Waals surface area contributed by atoms with Gasteiger partial charge in [-0.05, 0) is 18.1 Å². The molecule has 1 nitrogen and oxygen atoms in total. The fourth-order valence-electron chi connectivity index (χ4n) is 3.09. The van der Waals surface area contributed by atoms with E-state index in [1.54, 1.807) is 6.07 Å². The Bertz CT molecular complexity index is 547. The normalized spacial score (nSPS) is 13.8. The molecule has 2 rings (SSSR count). The van der Waals surface area contributed by atoms with Crippen molar-refractivity contribution in [1.29, 1.82) is 0 Å². The van der Waals surface area contributed by atoms with Gasteiger partial charge in [0.1, 0.15) is 5.75 Å². The van der Waals surface area contributed by atoms with Crippen molar-refractivity contribution in [1.82, 2.24) is 0 Å². The lowest BCUT2D eigenvalue weighted by atomic mass is 9.72. The van der Waals surface area contributed by atoms with Crippen LogP contribution in [0, 0.1) is 0 Å². The largest absolute Gasteiger partial charge is 0.508 e. The number of aromatic hydroxyl groups is 1. The Balaban J connectivity index is 2.33. The van der Waals surface area contributed by atoms with Crippen molar-refractivity contribution in [3.8, 4) is 5.75 Å². The molecule has 112 valence electrons. The van der Waals surface area contributed by atoms with E-state index in [0.717, 1.165) is 12.0 Å². The number of para-hydroxylation sites is 1. The van der Waals surface area contributed by atoms with Gasteiger partial charge in [-0.1, -0.05) is 88.1 Å². The van der Waals surface area contributed by atoms with Crippen molar-refractivity contribution in [2.45, 2.75) is 51.4 Å². The summed E-state index contributed by atoms with van der Waals surface area (Å²) in [4.78, 5) is 0. The number of hydrogen-bond acceptors (Lipinski definition) is 1. The molecule has 0 aliphatic carbocycles. The molecule has 1 atom stereocenters. The van der Waals surface area contributed by atoms with Gasteiger partial charge in [0.25, 0.3) is 0 Å². The van der Waals surface area contributed by atoms with Crippen LogP contribution >= 0.6 is 0 Å². The topological polar surface area (TPSA) is 20.2 Å². The third-order valence-corrected chi connectivity index (χ3v) is 4.44. The highest BCUT2D eigenvalue weighted by Gasteiger charge is 2.30. The van der Waals surface area contributed by atoms with E-state index in [0.29, 0.717) is 5.75 Å². The molecule has 0 saturated carbocycles. The molecule has 0 spiro atoms. The van der Waals surface area contributed by atoms with Gasteiger partial charge in [0.05, 0.1) is 0 Å². The van der Waals surface area contributed by atoms with Crippen molar-refractivity contribution in [3.63, 3.8) is 0 Å². The minimum Gasteiger partial charge on any atom is -0.508 e. The van der Waals surface area contributed by atoms with E-state index in [1.807, 2.05) is 18.2 Å². The predicted molar refractivity (Wildman–Crippen MR) is 89.8 cm³/mol. The van der Waals surface area contributed by atoms with Crippen LogP contribution in [0.4, 0.5) is 0 Å². The van der Waals surface area contributed by atoms with Crippen molar-refractivity contribution in [2.75, 3.05) is 0 Å². The maximum Gasteiger partial charge on any atom is 0.119 e. The molecule has 1 unspecified atom stereocenters. The van der Waals surface area contributed by atoms with Crippen LogP contribution < -0.4 is 0 Å². The molecule has 0 aliphatic rings. The van der Waals surface area contributed by atoms with Gasteiger partial charge in [0.2, 0.25) is 0 Å². The molecule has 1 N–H and O–H groups in total. The molecule has 0 bridgehead atoms. The second-order valence-corrected chi connectivity index (χ2v) is 6.03. The van der Waals surface area contributed by atoms with Gasteiger partial charge in [-0.25, -0.2) is 0 Å². The summed E-state index contributed by atoms with van der Waals surface area (Å²) in [5, 5.41) is 10.3. The summed E-state index contributed by atoms with van der Waals surface area (Å²) in [6.07, 6.45) is 6.04. The van der Waals surface area contributed by atoms with E-state index in [2.05, 4.69) is 44.2 Å². The highest BCUT2D eigenvalue weighted by atomic mass is 16.3. The predicted octanol–water partition coefficient (Wildman–Crippen LogP) is 5.67. The molecule has 0 saturated heterocycles. The first-order chi connectivity index (χ1) is 10.2. The summed E-state index contributed by atoms with van der Waals surface area (Å²) in [6.45, 7) is 4.49. The Hall–Kier alpha value is -1.76. The van der Waals surface area contributed by atoms with Crippen LogP contribution in [0.1, 0.15) is 57.1 Å². The van der Waals surface area contributed by atoms with Gasteiger partial charge in [0, 0.05) is 11.0 Å². The average Bonchev–Trinajstić information content (AvgIpc) is 2.53. The number of phenols is 1. The third kappa shape index (κ3) is 3.66. The standard InChI is InChI=1S/C20H26O/c1-3-4-5-11-16-20(2,17-12-7-6-8-13-17)18-14-9-10-15-19(18)21/h6-10,12-15,21H,3-5,11,16H2,1-2H3. The Labute approximate surface area is 128 Å². The summed E-state index contributed by atoms with van der Waals surface area (Å²) in [6, 6.07) is 18.3. The Kier molecular flexibility index (Phi) is 5.44. The molecule has 0 fully saturated rings. The second-order valence-electron chi connectivity index (χ2n) is 6.03. The van der Waals surface area contributed by atoms with Crippen LogP contribution in [0.5, 0.6) is 5.75 Å². The SMILES string of the molecule is CCCCCCC(C)(c1ccccc1)c1ccccc1O. The molecule has 0 heterocycles. The van der Waals surface area contributed by atoms with Crippen LogP contribution in [0.3, 0.4) is 0 Å². The van der Waals surface area contributed by atoms with Crippen LogP contribution in [-0.4, -0.2) is 5.11 Å². The quantitative estimate of drug-likeness (QED) is 0.649. The summed E-state index contributed by atoms with van der Waals surface area (Å²) < 4.78 is 0. The Morgan fingerprint density at radius 3 is 2.19 bits per heavy atom. The van der Waals surface area contributed by atoms with E-state index in [4.69, 9.17) is 0 Å². The second kappa shape index (κ2) is 7.31. The van der Waals surface area contributed by atoms with Crippen LogP contribution in [-0.2, 0) is 5.41 Å². The van der Waals surface area contributed by atoms with Crippen LogP contribution in [0.25, 0.3) is 0 Å². The molecule has 0 aromatic heterocycles. The molecular weight excluding hydrogens is 256 g/mol. The minimum atomic E-state index is -0.125. The zero-order chi connectivity index (χ0) is 15.1. The van der Waals surface area contributed by atoms with Gasteiger partial charge in [-0.2, -0.15) is 0 Å². The summed E-state index contributed by atoms with van der Waals surface area (Å²) >= 11 is 0. The highest BCUT2D eigenvalue weighted by molar-refractivity contribution is 5.45. The molecule has 0 amide bonds. The van der Waals surface area contributed by atoms with E-state index in [9.17, 15) is 5.11 Å². The molecule has 2 aromatic carbocycles. The number of rotatable bonds is 7. The summed E-state index contributed by atoms with van der Waals surface area (Å²) in [5.74, 6) is 0.402. The Morgan fingerprint density at radius 1 is 0.857 bits per heavy atom.